The van der Waals surface area contributed by atoms with E-state index in [-0.39, 0.29) is 6.54 Å². The zero-order valence-electron chi connectivity index (χ0n) is 7.99. The van der Waals surface area contributed by atoms with E-state index in [1.54, 1.807) is 0 Å². The Labute approximate surface area is 88.5 Å². The van der Waals surface area contributed by atoms with E-state index in [1.807, 2.05) is 0 Å². The molecule has 0 aliphatic heterocycles. The zero-order valence-corrected chi connectivity index (χ0v) is 7.99. The molecule has 2 N–H and O–H groups in total. The van der Waals surface area contributed by atoms with Crippen molar-refractivity contribution in [2.45, 2.75) is 6.54 Å². The summed E-state index contributed by atoms with van der Waals surface area (Å²) in [5.74, 6) is -3.11. The van der Waals surface area contributed by atoms with E-state index >= 15 is 0 Å². The van der Waals surface area contributed by atoms with Crippen LogP contribution >= 0.6 is 0 Å². The van der Waals surface area contributed by atoms with Crippen molar-refractivity contribution in [2.24, 2.45) is 5.73 Å². The predicted molar refractivity (Wildman–Crippen MR) is 49.1 cm³/mol. The zero-order chi connectivity index (χ0) is 11.7. The van der Waals surface area contributed by atoms with Crippen molar-refractivity contribution in [3.05, 3.63) is 41.5 Å². The van der Waals surface area contributed by atoms with Crippen LogP contribution in [0.5, 0.6) is 0 Å². The predicted octanol–water partition coefficient (Wildman–Crippen LogP) is 1.14. The van der Waals surface area contributed by atoms with Gasteiger partial charge >= 0.3 is 0 Å². The van der Waals surface area contributed by atoms with Gasteiger partial charge in [0.15, 0.2) is 11.6 Å². The molecule has 1 heterocycles. The molecule has 16 heavy (non-hydrogen) atoms. The summed E-state index contributed by atoms with van der Waals surface area (Å²) in [6, 6.07) is 1.14. The number of hydrogen-bond acceptors (Lipinski definition) is 3. The van der Waals surface area contributed by atoms with Gasteiger partial charge in [-0.3, -0.25) is 0 Å². The summed E-state index contributed by atoms with van der Waals surface area (Å²) >= 11 is 0. The van der Waals surface area contributed by atoms with Gasteiger partial charge in [-0.25, -0.2) is 17.9 Å². The lowest BCUT2D eigenvalue weighted by atomic mass is 10.2. The molecule has 2 aromatic rings. The van der Waals surface area contributed by atoms with Crippen LogP contribution in [0.4, 0.5) is 13.2 Å². The number of benzene rings is 1. The van der Waals surface area contributed by atoms with E-state index in [0.29, 0.717) is 17.8 Å². The molecule has 0 saturated carbocycles. The van der Waals surface area contributed by atoms with Crippen molar-refractivity contribution in [1.29, 1.82) is 0 Å². The molecule has 4 nitrogen and oxygen atoms in total. The Morgan fingerprint density at radius 3 is 2.38 bits per heavy atom. The molecule has 0 atom stereocenters. The lowest BCUT2D eigenvalue weighted by molar-refractivity contribution is 0.523. The minimum atomic E-state index is -1.06. The number of aromatic nitrogens is 3. The third kappa shape index (κ3) is 1.65. The maximum atomic E-state index is 13.4. The fourth-order valence-corrected chi connectivity index (χ4v) is 1.32. The summed E-state index contributed by atoms with van der Waals surface area (Å²) in [5.41, 5.74) is 5.18. The van der Waals surface area contributed by atoms with Crippen molar-refractivity contribution < 1.29 is 13.2 Å². The van der Waals surface area contributed by atoms with E-state index in [0.717, 1.165) is 4.68 Å². The molecule has 0 aliphatic carbocycles. The normalized spacial score (nSPS) is 10.8. The second kappa shape index (κ2) is 3.93. The first-order valence-corrected chi connectivity index (χ1v) is 4.38. The van der Waals surface area contributed by atoms with E-state index < -0.39 is 23.1 Å². The Kier molecular flexibility index (Phi) is 2.61. The van der Waals surface area contributed by atoms with Gasteiger partial charge < -0.3 is 5.73 Å². The van der Waals surface area contributed by atoms with Crippen LogP contribution in [0.1, 0.15) is 5.69 Å². The van der Waals surface area contributed by atoms with E-state index in [1.165, 1.54) is 6.20 Å². The average molecular weight is 228 g/mol. The first-order chi connectivity index (χ1) is 7.63. The molecule has 0 unspecified atom stereocenters. The van der Waals surface area contributed by atoms with Crippen LogP contribution in [0.25, 0.3) is 5.69 Å². The lowest BCUT2D eigenvalue weighted by Crippen LogP contribution is -2.10. The monoisotopic (exact) mass is 228 g/mol. The minimum absolute atomic E-state index is 0.0171. The number of hydrogen-bond donors (Lipinski definition) is 1. The second-order valence-electron chi connectivity index (χ2n) is 3.06. The summed E-state index contributed by atoms with van der Waals surface area (Å²) in [4.78, 5) is 0. The molecule has 0 bridgehead atoms. The molecular weight excluding hydrogens is 221 g/mol. The molecule has 84 valence electrons. The van der Waals surface area contributed by atoms with Crippen LogP contribution in [0, 0.1) is 17.5 Å². The van der Waals surface area contributed by atoms with Crippen molar-refractivity contribution in [2.75, 3.05) is 0 Å². The van der Waals surface area contributed by atoms with Crippen LogP contribution in [0.3, 0.4) is 0 Å². The summed E-state index contributed by atoms with van der Waals surface area (Å²) < 4.78 is 40.4. The van der Waals surface area contributed by atoms with Gasteiger partial charge in [-0.1, -0.05) is 5.21 Å². The Bertz CT molecular complexity index is 500. The quantitative estimate of drug-likeness (QED) is 0.838. The largest absolute Gasteiger partial charge is 0.325 e. The lowest BCUT2D eigenvalue weighted by Gasteiger charge is -2.07. The molecule has 0 saturated heterocycles. The van der Waals surface area contributed by atoms with Gasteiger partial charge in [-0.15, -0.1) is 5.10 Å². The van der Waals surface area contributed by atoms with Gasteiger partial charge in [-0.2, -0.15) is 0 Å². The van der Waals surface area contributed by atoms with Crippen molar-refractivity contribution in [3.8, 4) is 5.69 Å². The van der Waals surface area contributed by atoms with Gasteiger partial charge in [0, 0.05) is 18.7 Å². The first kappa shape index (κ1) is 10.6. The maximum Gasteiger partial charge on any atom is 0.154 e. The van der Waals surface area contributed by atoms with Crippen molar-refractivity contribution in [1.82, 2.24) is 15.0 Å². The molecule has 0 amide bonds. The third-order valence-corrected chi connectivity index (χ3v) is 2.02. The highest BCUT2D eigenvalue weighted by atomic mass is 19.1. The van der Waals surface area contributed by atoms with Crippen molar-refractivity contribution >= 4 is 0 Å². The SMILES string of the molecule is NCc1cnnn1-c1c(F)cc(F)cc1F. The topological polar surface area (TPSA) is 56.7 Å². The van der Waals surface area contributed by atoms with E-state index in [4.69, 9.17) is 5.73 Å². The molecule has 1 aromatic heterocycles. The third-order valence-electron chi connectivity index (χ3n) is 2.02. The Balaban J connectivity index is 2.64. The van der Waals surface area contributed by atoms with Gasteiger partial charge in [-0.05, 0) is 0 Å². The van der Waals surface area contributed by atoms with Crippen LogP contribution in [0.15, 0.2) is 18.3 Å². The van der Waals surface area contributed by atoms with Crippen LogP contribution < -0.4 is 5.73 Å². The summed E-state index contributed by atoms with van der Waals surface area (Å²) in [7, 11) is 0. The molecule has 0 fully saturated rings. The highest BCUT2D eigenvalue weighted by Crippen LogP contribution is 2.19. The van der Waals surface area contributed by atoms with Gasteiger partial charge in [0.2, 0.25) is 0 Å². The Hall–Kier alpha value is -1.89. The average Bonchev–Trinajstić information content (AvgIpc) is 2.64. The summed E-state index contributed by atoms with van der Waals surface area (Å²) in [6.45, 7) is 0.0171. The molecular formula is C9H7F3N4. The Morgan fingerprint density at radius 2 is 1.81 bits per heavy atom. The summed E-state index contributed by atoms with van der Waals surface area (Å²) in [5, 5.41) is 6.97. The maximum absolute atomic E-state index is 13.4. The smallest absolute Gasteiger partial charge is 0.154 e. The van der Waals surface area contributed by atoms with Gasteiger partial charge in [0.25, 0.3) is 0 Å². The van der Waals surface area contributed by atoms with Gasteiger partial charge in [0.05, 0.1) is 11.9 Å². The summed E-state index contributed by atoms with van der Waals surface area (Å²) in [6.07, 6.45) is 1.28. The fraction of sp³-hybridized carbons (Fsp3) is 0.111. The molecule has 0 radical (unpaired) electrons. The fourth-order valence-electron chi connectivity index (χ4n) is 1.32. The second-order valence-corrected chi connectivity index (χ2v) is 3.06. The number of halogens is 3. The van der Waals surface area contributed by atoms with Crippen LogP contribution in [-0.4, -0.2) is 15.0 Å². The number of nitrogens with zero attached hydrogens (tertiary/aromatic N) is 3. The molecule has 1 aromatic carbocycles. The minimum Gasteiger partial charge on any atom is -0.325 e. The van der Waals surface area contributed by atoms with Crippen LogP contribution in [0.2, 0.25) is 0 Å². The first-order valence-electron chi connectivity index (χ1n) is 4.38. The Morgan fingerprint density at radius 1 is 1.19 bits per heavy atom. The number of nitrogens with two attached hydrogens (primary N) is 1. The molecule has 0 spiro atoms. The molecule has 7 heteroatoms. The number of rotatable bonds is 2. The van der Waals surface area contributed by atoms with E-state index in [9.17, 15) is 13.2 Å². The van der Waals surface area contributed by atoms with Gasteiger partial charge in [0.1, 0.15) is 11.5 Å². The van der Waals surface area contributed by atoms with Crippen LogP contribution in [-0.2, 0) is 6.54 Å². The molecule has 0 aliphatic rings. The standard InChI is InChI=1S/C9H7F3N4/c10-5-1-7(11)9(8(12)2-5)16-6(3-13)4-14-15-16/h1-2,4H,3,13H2. The molecule has 2 rings (SSSR count). The highest BCUT2D eigenvalue weighted by molar-refractivity contribution is 5.35. The van der Waals surface area contributed by atoms with E-state index in [2.05, 4.69) is 10.3 Å². The van der Waals surface area contributed by atoms with Crippen molar-refractivity contribution in [3.63, 3.8) is 0 Å². The highest BCUT2D eigenvalue weighted by Gasteiger charge is 2.16.